The molecule has 3 aromatic rings. The van der Waals surface area contributed by atoms with E-state index in [0.717, 1.165) is 10.6 Å². The molecule has 20 heavy (non-hydrogen) atoms. The Hall–Kier alpha value is -2.54. The van der Waals surface area contributed by atoms with Gasteiger partial charge in [-0.2, -0.15) is 4.68 Å². The van der Waals surface area contributed by atoms with E-state index in [0.29, 0.717) is 11.4 Å². The molecule has 0 radical (unpaired) electrons. The molecule has 0 bridgehead atoms. The third-order valence-corrected chi connectivity index (χ3v) is 3.61. The van der Waals surface area contributed by atoms with E-state index in [4.69, 9.17) is 0 Å². The number of carbonyl (C=O) groups excluding carboxylic acids is 1. The van der Waals surface area contributed by atoms with Gasteiger partial charge in [-0.25, -0.2) is 4.79 Å². The van der Waals surface area contributed by atoms with Crippen molar-refractivity contribution >= 4 is 17.3 Å². The Morgan fingerprint density at radius 1 is 1.25 bits per heavy atom. The molecule has 0 amide bonds. The van der Waals surface area contributed by atoms with Crippen LogP contribution in [0.4, 0.5) is 0 Å². The number of ether oxygens (including phenoxy) is 1. The molecule has 0 spiro atoms. The van der Waals surface area contributed by atoms with E-state index in [1.807, 2.05) is 17.5 Å². The molecular formula is C13H10N4O2S. The number of carbonyl (C=O) groups is 1. The second kappa shape index (κ2) is 5.22. The summed E-state index contributed by atoms with van der Waals surface area (Å²) >= 11 is 1.56. The highest BCUT2D eigenvalue weighted by Crippen LogP contribution is 2.24. The minimum absolute atomic E-state index is 0.369. The summed E-state index contributed by atoms with van der Waals surface area (Å²) in [5, 5.41) is 13.7. The zero-order valence-electron chi connectivity index (χ0n) is 10.6. The van der Waals surface area contributed by atoms with Crippen molar-refractivity contribution in [1.29, 1.82) is 0 Å². The van der Waals surface area contributed by atoms with Crippen molar-refractivity contribution in [3.63, 3.8) is 0 Å². The molecule has 2 heterocycles. The Labute approximate surface area is 118 Å². The van der Waals surface area contributed by atoms with E-state index in [9.17, 15) is 4.79 Å². The second-order valence-corrected chi connectivity index (χ2v) is 4.88. The highest BCUT2D eigenvalue weighted by Gasteiger charge is 2.12. The fraction of sp³-hybridized carbons (Fsp3) is 0.0769. The van der Waals surface area contributed by atoms with Crippen LogP contribution < -0.4 is 0 Å². The first-order chi connectivity index (χ1) is 9.79. The van der Waals surface area contributed by atoms with Crippen LogP contribution in [0.3, 0.4) is 0 Å². The number of aromatic nitrogens is 4. The highest BCUT2D eigenvalue weighted by molar-refractivity contribution is 7.13. The van der Waals surface area contributed by atoms with Gasteiger partial charge in [0.1, 0.15) is 0 Å². The summed E-state index contributed by atoms with van der Waals surface area (Å²) in [6.45, 7) is 0. The molecule has 0 aliphatic carbocycles. The van der Waals surface area contributed by atoms with Gasteiger partial charge in [-0.05, 0) is 46.1 Å². The quantitative estimate of drug-likeness (QED) is 0.690. The number of methoxy groups -OCH3 is 1. The summed E-state index contributed by atoms with van der Waals surface area (Å²) < 4.78 is 6.30. The first kappa shape index (κ1) is 12.5. The second-order valence-electron chi connectivity index (χ2n) is 3.93. The van der Waals surface area contributed by atoms with Crippen molar-refractivity contribution in [2.24, 2.45) is 0 Å². The van der Waals surface area contributed by atoms with Gasteiger partial charge in [-0.1, -0.05) is 6.07 Å². The summed E-state index contributed by atoms with van der Waals surface area (Å²) in [4.78, 5) is 12.4. The van der Waals surface area contributed by atoms with Crippen LogP contribution >= 0.6 is 11.3 Å². The molecule has 0 N–H and O–H groups in total. The topological polar surface area (TPSA) is 69.9 Å². The average Bonchev–Trinajstić information content (AvgIpc) is 3.16. The number of tetrazole rings is 1. The summed E-state index contributed by atoms with van der Waals surface area (Å²) in [6, 6.07) is 10.8. The van der Waals surface area contributed by atoms with Crippen LogP contribution in [-0.4, -0.2) is 33.3 Å². The summed E-state index contributed by atoms with van der Waals surface area (Å²) in [6.07, 6.45) is 0. The molecule has 3 rings (SSSR count). The SMILES string of the molecule is COC(=O)c1ccc(-n2nnnc2-c2cccs2)cc1. The lowest BCUT2D eigenvalue weighted by atomic mass is 10.2. The predicted molar refractivity (Wildman–Crippen MR) is 73.8 cm³/mol. The van der Waals surface area contributed by atoms with Crippen molar-refractivity contribution < 1.29 is 9.53 Å². The van der Waals surface area contributed by atoms with E-state index in [-0.39, 0.29) is 5.97 Å². The van der Waals surface area contributed by atoms with E-state index >= 15 is 0 Å². The van der Waals surface area contributed by atoms with Crippen molar-refractivity contribution in [3.05, 3.63) is 47.3 Å². The van der Waals surface area contributed by atoms with Crippen LogP contribution in [0.2, 0.25) is 0 Å². The lowest BCUT2D eigenvalue weighted by Crippen LogP contribution is -2.03. The largest absolute Gasteiger partial charge is 0.465 e. The fourth-order valence-electron chi connectivity index (χ4n) is 1.78. The molecule has 2 aromatic heterocycles. The zero-order chi connectivity index (χ0) is 13.9. The molecule has 100 valence electrons. The van der Waals surface area contributed by atoms with Gasteiger partial charge in [0.05, 0.1) is 23.2 Å². The smallest absolute Gasteiger partial charge is 0.337 e. The first-order valence-corrected chi connectivity index (χ1v) is 6.68. The number of esters is 1. The molecule has 1 aromatic carbocycles. The minimum atomic E-state index is -0.369. The molecule has 0 aliphatic heterocycles. The van der Waals surface area contributed by atoms with Crippen LogP contribution in [0, 0.1) is 0 Å². The Morgan fingerprint density at radius 3 is 2.70 bits per heavy atom. The molecule has 7 heteroatoms. The Morgan fingerprint density at radius 2 is 2.05 bits per heavy atom. The van der Waals surface area contributed by atoms with E-state index in [1.165, 1.54) is 7.11 Å². The van der Waals surface area contributed by atoms with Gasteiger partial charge in [0.2, 0.25) is 0 Å². The zero-order valence-corrected chi connectivity index (χ0v) is 11.4. The lowest BCUT2D eigenvalue weighted by Gasteiger charge is -2.04. The number of benzene rings is 1. The maximum atomic E-state index is 11.4. The van der Waals surface area contributed by atoms with E-state index in [1.54, 1.807) is 40.3 Å². The lowest BCUT2D eigenvalue weighted by molar-refractivity contribution is 0.0601. The van der Waals surface area contributed by atoms with Crippen LogP contribution in [-0.2, 0) is 4.74 Å². The number of thiophene rings is 1. The van der Waals surface area contributed by atoms with Gasteiger partial charge in [-0.3, -0.25) is 0 Å². The van der Waals surface area contributed by atoms with Gasteiger partial charge in [0.15, 0.2) is 5.82 Å². The molecule has 0 saturated heterocycles. The summed E-state index contributed by atoms with van der Waals surface area (Å²) in [7, 11) is 1.35. The van der Waals surface area contributed by atoms with Crippen molar-refractivity contribution in [2.75, 3.05) is 7.11 Å². The Kier molecular flexibility index (Phi) is 3.26. The minimum Gasteiger partial charge on any atom is -0.465 e. The molecule has 0 atom stereocenters. The first-order valence-electron chi connectivity index (χ1n) is 5.80. The van der Waals surface area contributed by atoms with Crippen molar-refractivity contribution in [3.8, 4) is 16.4 Å². The van der Waals surface area contributed by atoms with Crippen LogP contribution in [0.1, 0.15) is 10.4 Å². The van der Waals surface area contributed by atoms with Crippen molar-refractivity contribution in [2.45, 2.75) is 0 Å². The van der Waals surface area contributed by atoms with Crippen LogP contribution in [0.25, 0.3) is 16.4 Å². The van der Waals surface area contributed by atoms with Gasteiger partial charge >= 0.3 is 5.97 Å². The number of hydrogen-bond acceptors (Lipinski definition) is 6. The number of nitrogens with zero attached hydrogens (tertiary/aromatic N) is 4. The Bertz CT molecular complexity index is 719. The fourth-order valence-corrected chi connectivity index (χ4v) is 2.47. The predicted octanol–water partition coefficient (Wildman–Crippen LogP) is 2.18. The average molecular weight is 286 g/mol. The maximum absolute atomic E-state index is 11.4. The molecule has 6 nitrogen and oxygen atoms in total. The molecule has 0 aliphatic rings. The molecule has 0 saturated carbocycles. The normalized spacial score (nSPS) is 10.4. The monoisotopic (exact) mass is 286 g/mol. The Balaban J connectivity index is 1.98. The van der Waals surface area contributed by atoms with Crippen molar-refractivity contribution in [1.82, 2.24) is 20.2 Å². The van der Waals surface area contributed by atoms with Crippen LogP contribution in [0.15, 0.2) is 41.8 Å². The third-order valence-electron chi connectivity index (χ3n) is 2.74. The molecular weight excluding hydrogens is 276 g/mol. The number of hydrogen-bond donors (Lipinski definition) is 0. The standard InChI is InChI=1S/C13H10N4O2S/c1-19-13(18)9-4-6-10(7-5-9)17-12(14-15-16-17)11-3-2-8-20-11/h2-8H,1H3. The van der Waals surface area contributed by atoms with E-state index in [2.05, 4.69) is 20.3 Å². The molecule has 0 unspecified atom stereocenters. The highest BCUT2D eigenvalue weighted by atomic mass is 32.1. The van der Waals surface area contributed by atoms with Gasteiger partial charge in [0, 0.05) is 0 Å². The maximum Gasteiger partial charge on any atom is 0.337 e. The molecule has 0 fully saturated rings. The van der Waals surface area contributed by atoms with Gasteiger partial charge < -0.3 is 4.74 Å². The van der Waals surface area contributed by atoms with Gasteiger partial charge in [0.25, 0.3) is 0 Å². The van der Waals surface area contributed by atoms with Crippen LogP contribution in [0.5, 0.6) is 0 Å². The number of rotatable bonds is 3. The third kappa shape index (κ3) is 2.19. The summed E-state index contributed by atoms with van der Waals surface area (Å²) in [5.74, 6) is 0.303. The summed E-state index contributed by atoms with van der Waals surface area (Å²) in [5.41, 5.74) is 1.27. The van der Waals surface area contributed by atoms with E-state index < -0.39 is 0 Å². The van der Waals surface area contributed by atoms with Gasteiger partial charge in [-0.15, -0.1) is 16.4 Å².